The monoisotopic (exact) mass is 143 g/mol. The van der Waals surface area contributed by atoms with Gasteiger partial charge in [-0.05, 0) is 12.2 Å². The van der Waals surface area contributed by atoms with Crippen molar-refractivity contribution in [1.82, 2.24) is 0 Å². The Labute approximate surface area is 58.2 Å². The lowest BCUT2D eigenvalue weighted by molar-refractivity contribution is 1.38. The molecular weight excluding hydrogens is 138 g/mol. The van der Waals surface area contributed by atoms with Gasteiger partial charge in [-0.15, -0.1) is 0 Å². The molecule has 0 saturated heterocycles. The molecule has 0 rings (SSSR count). The molecule has 0 unspecified atom stereocenters. The molecule has 0 aliphatic rings. The Kier molecular flexibility index (Phi) is 3.33. The number of hydrogen-bond acceptors (Lipinski definition) is 3. The van der Waals surface area contributed by atoms with Gasteiger partial charge in [0.05, 0.1) is 5.16 Å². The van der Waals surface area contributed by atoms with Gasteiger partial charge >= 0.3 is 0 Å². The van der Waals surface area contributed by atoms with E-state index in [9.17, 15) is 0 Å². The molecule has 4 N–H and O–H groups in total. The van der Waals surface area contributed by atoms with E-state index in [0.717, 1.165) is 0 Å². The van der Waals surface area contributed by atoms with Gasteiger partial charge in [-0.1, -0.05) is 11.6 Å². The molecule has 0 aromatic heterocycles. The van der Waals surface area contributed by atoms with Crippen LogP contribution in [0.25, 0.3) is 0 Å². The van der Waals surface area contributed by atoms with Gasteiger partial charge in [0.2, 0.25) is 0 Å². The van der Waals surface area contributed by atoms with Crippen LogP contribution < -0.4 is 11.5 Å². The Morgan fingerprint density at radius 2 is 2.00 bits per heavy atom. The SMILES string of the molecule is N#C/C(N)=C/C=C(\N)Cl. The van der Waals surface area contributed by atoms with E-state index in [2.05, 4.69) is 0 Å². The topological polar surface area (TPSA) is 75.8 Å². The number of halogens is 1. The molecule has 0 aromatic rings. The van der Waals surface area contributed by atoms with Crippen molar-refractivity contribution in [2.24, 2.45) is 11.5 Å². The molecule has 0 aliphatic heterocycles. The molecule has 0 amide bonds. The van der Waals surface area contributed by atoms with Crippen LogP contribution in [0.2, 0.25) is 0 Å². The Hall–Kier alpha value is -1.14. The van der Waals surface area contributed by atoms with E-state index in [0.29, 0.717) is 0 Å². The van der Waals surface area contributed by atoms with Gasteiger partial charge in [0.25, 0.3) is 0 Å². The molecule has 3 nitrogen and oxygen atoms in total. The first kappa shape index (κ1) is 7.86. The summed E-state index contributed by atoms with van der Waals surface area (Å²) in [7, 11) is 0. The van der Waals surface area contributed by atoms with Gasteiger partial charge in [0.1, 0.15) is 11.8 Å². The predicted octanol–water partition coefficient (Wildman–Crippen LogP) is 0.391. The van der Waals surface area contributed by atoms with Gasteiger partial charge in [0.15, 0.2) is 0 Å². The van der Waals surface area contributed by atoms with Crippen LogP contribution in [0, 0.1) is 11.3 Å². The summed E-state index contributed by atoms with van der Waals surface area (Å²) >= 11 is 5.21. The molecule has 0 atom stereocenters. The van der Waals surface area contributed by atoms with E-state index < -0.39 is 0 Å². The summed E-state index contributed by atoms with van der Waals surface area (Å²) < 4.78 is 0. The number of nitrogens with zero attached hydrogens (tertiary/aromatic N) is 1. The lowest BCUT2D eigenvalue weighted by Crippen LogP contribution is -1.92. The average molecular weight is 144 g/mol. The fourth-order valence-electron chi connectivity index (χ4n) is 0.207. The second kappa shape index (κ2) is 3.81. The van der Waals surface area contributed by atoms with E-state index in [1.165, 1.54) is 12.2 Å². The van der Waals surface area contributed by atoms with Crippen molar-refractivity contribution in [2.75, 3.05) is 0 Å². The Bertz CT molecular complexity index is 183. The van der Waals surface area contributed by atoms with Crippen LogP contribution in [0.1, 0.15) is 0 Å². The van der Waals surface area contributed by atoms with Gasteiger partial charge in [-0.2, -0.15) is 5.26 Å². The molecule has 0 spiro atoms. The maximum Gasteiger partial charge on any atom is 0.117 e. The highest BCUT2D eigenvalue weighted by molar-refractivity contribution is 6.29. The molecule has 0 aliphatic carbocycles. The number of allylic oxidation sites excluding steroid dienone is 3. The van der Waals surface area contributed by atoms with Crippen molar-refractivity contribution in [3.8, 4) is 6.07 Å². The summed E-state index contributed by atoms with van der Waals surface area (Å²) in [5.74, 6) is 0. The highest BCUT2D eigenvalue weighted by atomic mass is 35.5. The van der Waals surface area contributed by atoms with Crippen molar-refractivity contribution < 1.29 is 0 Å². The normalized spacial score (nSPS) is 12.9. The van der Waals surface area contributed by atoms with Crippen LogP contribution in [0.15, 0.2) is 23.0 Å². The van der Waals surface area contributed by atoms with Crippen molar-refractivity contribution >= 4 is 11.6 Å². The minimum Gasteiger partial charge on any atom is -0.390 e. The van der Waals surface area contributed by atoms with E-state index in [1.807, 2.05) is 0 Å². The van der Waals surface area contributed by atoms with E-state index in [4.69, 9.17) is 28.3 Å². The zero-order valence-electron chi connectivity index (χ0n) is 4.63. The fraction of sp³-hybridized carbons (Fsp3) is 0. The lowest BCUT2D eigenvalue weighted by Gasteiger charge is -1.81. The van der Waals surface area contributed by atoms with Crippen molar-refractivity contribution in [1.29, 1.82) is 5.26 Å². The first-order chi connectivity index (χ1) is 4.16. The van der Waals surface area contributed by atoms with Gasteiger partial charge < -0.3 is 11.5 Å². The average Bonchev–Trinajstić information content (AvgIpc) is 1.83. The summed E-state index contributed by atoms with van der Waals surface area (Å²) in [6, 6.07) is 1.70. The van der Waals surface area contributed by atoms with Crippen LogP contribution in [0.3, 0.4) is 0 Å². The number of rotatable bonds is 1. The lowest BCUT2D eigenvalue weighted by atomic mass is 10.4. The van der Waals surface area contributed by atoms with Crippen LogP contribution in [0.4, 0.5) is 0 Å². The first-order valence-corrected chi connectivity index (χ1v) is 2.53. The summed E-state index contributed by atoms with van der Waals surface area (Å²) in [6.07, 6.45) is 2.68. The minimum atomic E-state index is 0.0820. The highest BCUT2D eigenvalue weighted by Gasteiger charge is 1.79. The smallest absolute Gasteiger partial charge is 0.117 e. The number of hydrogen-bond donors (Lipinski definition) is 2. The first-order valence-electron chi connectivity index (χ1n) is 2.15. The van der Waals surface area contributed by atoms with Crippen LogP contribution in [0.5, 0.6) is 0 Å². The zero-order chi connectivity index (χ0) is 7.28. The quantitative estimate of drug-likeness (QED) is 0.317. The maximum absolute atomic E-state index is 8.09. The third kappa shape index (κ3) is 4.72. The zero-order valence-corrected chi connectivity index (χ0v) is 5.39. The highest BCUT2D eigenvalue weighted by Crippen LogP contribution is 1.90. The molecule has 4 heteroatoms. The molecule has 48 valence electrons. The molecule has 0 saturated carbocycles. The molecule has 9 heavy (non-hydrogen) atoms. The molecule has 0 heterocycles. The number of nitrogens with two attached hydrogens (primary N) is 2. The van der Waals surface area contributed by atoms with Crippen molar-refractivity contribution in [3.05, 3.63) is 23.0 Å². The van der Waals surface area contributed by atoms with Crippen LogP contribution in [-0.2, 0) is 0 Å². The Morgan fingerprint density at radius 3 is 2.33 bits per heavy atom. The van der Waals surface area contributed by atoms with E-state index in [-0.39, 0.29) is 10.9 Å². The third-order valence-corrected chi connectivity index (χ3v) is 0.677. The molecule has 0 fully saturated rings. The largest absolute Gasteiger partial charge is 0.390 e. The Morgan fingerprint density at radius 1 is 1.44 bits per heavy atom. The van der Waals surface area contributed by atoms with Gasteiger partial charge in [-0.3, -0.25) is 0 Å². The maximum atomic E-state index is 8.09. The van der Waals surface area contributed by atoms with Crippen LogP contribution in [-0.4, -0.2) is 0 Å². The second-order valence-electron chi connectivity index (χ2n) is 1.29. The van der Waals surface area contributed by atoms with Crippen molar-refractivity contribution in [3.63, 3.8) is 0 Å². The third-order valence-electron chi connectivity index (χ3n) is 0.551. The van der Waals surface area contributed by atoms with E-state index >= 15 is 0 Å². The Balaban J connectivity index is 4.03. The minimum absolute atomic E-state index is 0.0820. The predicted molar refractivity (Wildman–Crippen MR) is 36.0 cm³/mol. The molecule has 0 aromatic carbocycles. The number of nitriles is 1. The van der Waals surface area contributed by atoms with Crippen molar-refractivity contribution in [2.45, 2.75) is 0 Å². The fourth-order valence-corrected chi connectivity index (χ4v) is 0.270. The standard InChI is InChI=1S/C5H6ClN3/c6-5(9)2-1-4(8)3-7/h1-2H,8-9H2/b4-1-,5-2-. The summed E-state index contributed by atoms with van der Waals surface area (Å²) in [5, 5.41) is 8.20. The second-order valence-corrected chi connectivity index (χ2v) is 1.72. The molecule has 0 radical (unpaired) electrons. The van der Waals surface area contributed by atoms with Gasteiger partial charge in [-0.25, -0.2) is 0 Å². The van der Waals surface area contributed by atoms with Gasteiger partial charge in [0, 0.05) is 0 Å². The molecular formula is C5H6ClN3. The summed E-state index contributed by atoms with van der Waals surface area (Å²) in [5.41, 5.74) is 10.2. The summed E-state index contributed by atoms with van der Waals surface area (Å²) in [6.45, 7) is 0. The summed E-state index contributed by atoms with van der Waals surface area (Å²) in [4.78, 5) is 0. The molecule has 0 bridgehead atoms. The van der Waals surface area contributed by atoms with Crippen LogP contribution >= 0.6 is 11.6 Å². The van der Waals surface area contributed by atoms with E-state index in [1.54, 1.807) is 6.07 Å².